The molecule has 0 bridgehead atoms. The highest BCUT2D eigenvalue weighted by Crippen LogP contribution is 2.25. The first-order valence-electron chi connectivity index (χ1n) is 7.61. The van der Waals surface area contributed by atoms with Gasteiger partial charge in [0.05, 0.1) is 6.61 Å². The van der Waals surface area contributed by atoms with Gasteiger partial charge in [0.2, 0.25) is 0 Å². The van der Waals surface area contributed by atoms with E-state index < -0.39 is 0 Å². The maximum atomic E-state index is 11.8. The van der Waals surface area contributed by atoms with Crippen LogP contribution in [-0.4, -0.2) is 24.7 Å². The molecular formula is C15H29NO2. The molecule has 18 heavy (non-hydrogen) atoms. The van der Waals surface area contributed by atoms with Gasteiger partial charge in [0.25, 0.3) is 0 Å². The van der Waals surface area contributed by atoms with Gasteiger partial charge in [-0.3, -0.25) is 4.79 Å². The van der Waals surface area contributed by atoms with Crippen molar-refractivity contribution in [3.05, 3.63) is 0 Å². The first-order valence-corrected chi connectivity index (χ1v) is 7.61. The predicted molar refractivity (Wildman–Crippen MR) is 74.5 cm³/mol. The minimum atomic E-state index is -0.136. The predicted octanol–water partition coefficient (Wildman–Crippen LogP) is 3.28. The van der Waals surface area contributed by atoms with Crippen LogP contribution in [0.1, 0.15) is 65.7 Å². The summed E-state index contributed by atoms with van der Waals surface area (Å²) in [6.45, 7) is 6.58. The molecule has 0 aromatic carbocycles. The number of carbonyl (C=O) groups excluding carboxylic acids is 1. The number of nitrogens with one attached hydrogen (secondary N) is 1. The van der Waals surface area contributed by atoms with Gasteiger partial charge in [-0.25, -0.2) is 0 Å². The number of carbonyl (C=O) groups is 1. The Balaban J connectivity index is 2.44. The molecule has 106 valence electrons. The lowest BCUT2D eigenvalue weighted by Gasteiger charge is -2.27. The second-order valence-corrected chi connectivity index (χ2v) is 5.42. The maximum Gasteiger partial charge on any atom is 0.323 e. The Hall–Kier alpha value is -0.570. The van der Waals surface area contributed by atoms with Crippen molar-refractivity contribution in [2.24, 2.45) is 5.92 Å². The molecule has 1 aliphatic rings. The first-order chi connectivity index (χ1) is 8.69. The summed E-state index contributed by atoms with van der Waals surface area (Å²) in [5.41, 5.74) is 0. The molecule has 0 aromatic rings. The van der Waals surface area contributed by atoms with E-state index in [1.807, 2.05) is 13.8 Å². The Kier molecular flexibility index (Phi) is 7.33. The molecule has 0 amide bonds. The summed E-state index contributed by atoms with van der Waals surface area (Å²) in [7, 11) is 0. The summed E-state index contributed by atoms with van der Waals surface area (Å²) in [6.07, 6.45) is 8.83. The summed E-state index contributed by atoms with van der Waals surface area (Å²) in [5, 5.41) is 3.47. The van der Waals surface area contributed by atoms with E-state index in [0.717, 1.165) is 12.3 Å². The molecule has 3 heteroatoms. The molecular weight excluding hydrogens is 226 g/mol. The van der Waals surface area contributed by atoms with Crippen LogP contribution >= 0.6 is 0 Å². The third-order valence-corrected chi connectivity index (χ3v) is 4.05. The average Bonchev–Trinajstić information content (AvgIpc) is 2.64. The molecule has 0 radical (unpaired) electrons. The highest BCUT2D eigenvalue weighted by Gasteiger charge is 2.24. The van der Waals surface area contributed by atoms with Gasteiger partial charge in [0.1, 0.15) is 6.04 Å². The Morgan fingerprint density at radius 2 is 1.83 bits per heavy atom. The van der Waals surface area contributed by atoms with Crippen LogP contribution in [0.4, 0.5) is 0 Å². The molecule has 1 unspecified atom stereocenters. The van der Waals surface area contributed by atoms with Crippen LogP contribution in [0.5, 0.6) is 0 Å². The normalized spacial score (nSPS) is 21.1. The van der Waals surface area contributed by atoms with Crippen molar-refractivity contribution in [2.75, 3.05) is 6.61 Å². The van der Waals surface area contributed by atoms with Crippen LogP contribution < -0.4 is 5.32 Å². The second-order valence-electron chi connectivity index (χ2n) is 5.42. The van der Waals surface area contributed by atoms with Gasteiger partial charge in [-0.1, -0.05) is 32.6 Å². The quantitative estimate of drug-likeness (QED) is 0.585. The van der Waals surface area contributed by atoms with E-state index in [1.165, 1.54) is 38.5 Å². The lowest BCUT2D eigenvalue weighted by atomic mass is 9.92. The third-order valence-electron chi connectivity index (χ3n) is 4.05. The van der Waals surface area contributed by atoms with Gasteiger partial charge in [-0.15, -0.1) is 0 Å². The van der Waals surface area contributed by atoms with E-state index in [1.54, 1.807) is 0 Å². The van der Waals surface area contributed by atoms with Gasteiger partial charge in [-0.05, 0) is 39.0 Å². The van der Waals surface area contributed by atoms with Crippen LogP contribution in [-0.2, 0) is 9.53 Å². The number of esters is 1. The van der Waals surface area contributed by atoms with E-state index >= 15 is 0 Å². The number of hydrogen-bond acceptors (Lipinski definition) is 3. The summed E-state index contributed by atoms with van der Waals surface area (Å²) in [4.78, 5) is 11.8. The molecule has 0 aromatic heterocycles. The molecule has 0 saturated heterocycles. The third kappa shape index (κ3) is 4.97. The standard InChI is InChI=1S/C15H29NO2/c1-4-14(15(17)18-5-2)16-12(3)13-10-8-6-7-9-11-13/h12-14,16H,4-11H2,1-3H3/t12-,14?/m1/s1. The molecule has 1 fully saturated rings. The highest BCUT2D eigenvalue weighted by atomic mass is 16.5. The van der Waals surface area contributed by atoms with Gasteiger partial charge < -0.3 is 10.1 Å². The molecule has 3 nitrogen and oxygen atoms in total. The molecule has 0 aliphatic heterocycles. The molecule has 2 atom stereocenters. The van der Waals surface area contributed by atoms with Gasteiger partial charge in [0.15, 0.2) is 0 Å². The minimum Gasteiger partial charge on any atom is -0.465 e. The minimum absolute atomic E-state index is 0.0968. The van der Waals surface area contributed by atoms with Crippen molar-refractivity contribution in [3.8, 4) is 0 Å². The van der Waals surface area contributed by atoms with E-state index in [-0.39, 0.29) is 12.0 Å². The topological polar surface area (TPSA) is 38.3 Å². The van der Waals surface area contributed by atoms with Gasteiger partial charge >= 0.3 is 5.97 Å². The lowest BCUT2D eigenvalue weighted by Crippen LogP contribution is -2.45. The summed E-state index contributed by atoms with van der Waals surface area (Å²) in [6, 6.07) is 0.278. The fourth-order valence-electron chi connectivity index (χ4n) is 2.86. The first kappa shape index (κ1) is 15.5. The lowest BCUT2D eigenvalue weighted by molar-refractivity contribution is -0.146. The Labute approximate surface area is 112 Å². The molecule has 0 spiro atoms. The van der Waals surface area contributed by atoms with Gasteiger partial charge in [-0.2, -0.15) is 0 Å². The molecule has 1 saturated carbocycles. The average molecular weight is 255 g/mol. The number of rotatable bonds is 6. The van der Waals surface area contributed by atoms with Gasteiger partial charge in [0, 0.05) is 6.04 Å². The van der Waals surface area contributed by atoms with E-state index in [4.69, 9.17) is 4.74 Å². The van der Waals surface area contributed by atoms with E-state index in [0.29, 0.717) is 12.6 Å². The van der Waals surface area contributed by atoms with Crippen molar-refractivity contribution >= 4 is 5.97 Å². The van der Waals surface area contributed by atoms with Crippen molar-refractivity contribution < 1.29 is 9.53 Å². The van der Waals surface area contributed by atoms with Crippen molar-refractivity contribution in [1.82, 2.24) is 5.32 Å². The zero-order valence-corrected chi connectivity index (χ0v) is 12.2. The Morgan fingerprint density at radius 1 is 1.22 bits per heavy atom. The van der Waals surface area contributed by atoms with Crippen molar-refractivity contribution in [2.45, 2.75) is 77.8 Å². The fraction of sp³-hybridized carbons (Fsp3) is 0.933. The van der Waals surface area contributed by atoms with Crippen LogP contribution in [0.15, 0.2) is 0 Å². The maximum absolute atomic E-state index is 11.8. The zero-order valence-electron chi connectivity index (χ0n) is 12.2. The largest absolute Gasteiger partial charge is 0.465 e. The second kappa shape index (κ2) is 8.52. The van der Waals surface area contributed by atoms with Crippen molar-refractivity contribution in [3.63, 3.8) is 0 Å². The van der Waals surface area contributed by atoms with Crippen molar-refractivity contribution in [1.29, 1.82) is 0 Å². The molecule has 1 rings (SSSR count). The molecule has 1 aliphatic carbocycles. The monoisotopic (exact) mass is 255 g/mol. The smallest absolute Gasteiger partial charge is 0.323 e. The number of hydrogen-bond donors (Lipinski definition) is 1. The van der Waals surface area contributed by atoms with Crippen LogP contribution in [0.25, 0.3) is 0 Å². The Bertz CT molecular complexity index is 235. The van der Waals surface area contributed by atoms with E-state index in [2.05, 4.69) is 12.2 Å². The van der Waals surface area contributed by atoms with Crippen LogP contribution in [0.2, 0.25) is 0 Å². The Morgan fingerprint density at radius 3 is 2.33 bits per heavy atom. The van der Waals surface area contributed by atoms with Crippen LogP contribution in [0, 0.1) is 5.92 Å². The summed E-state index contributed by atoms with van der Waals surface area (Å²) < 4.78 is 5.11. The molecule has 1 N–H and O–H groups in total. The zero-order chi connectivity index (χ0) is 13.4. The van der Waals surface area contributed by atoms with E-state index in [9.17, 15) is 4.79 Å². The summed E-state index contributed by atoms with van der Waals surface area (Å²) >= 11 is 0. The van der Waals surface area contributed by atoms with Crippen LogP contribution in [0.3, 0.4) is 0 Å². The SMILES string of the molecule is CCOC(=O)C(CC)N[C@H](C)C1CCCCCC1. The fourth-order valence-corrected chi connectivity index (χ4v) is 2.86. The highest BCUT2D eigenvalue weighted by molar-refractivity contribution is 5.75. The summed E-state index contributed by atoms with van der Waals surface area (Å²) in [5.74, 6) is 0.622. The number of ether oxygens (including phenoxy) is 1. The molecule has 0 heterocycles.